The maximum Gasteiger partial charge on any atom is 0.270 e. The monoisotopic (exact) mass is 376 g/mol. The minimum absolute atomic E-state index is 0.138. The molecule has 0 amide bonds. The zero-order valence-corrected chi connectivity index (χ0v) is 15.1. The van der Waals surface area contributed by atoms with Gasteiger partial charge in [-0.1, -0.05) is 30.4 Å². The van der Waals surface area contributed by atoms with E-state index < -0.39 is 4.92 Å². The van der Waals surface area contributed by atoms with E-state index in [1.54, 1.807) is 0 Å². The summed E-state index contributed by atoms with van der Waals surface area (Å²) < 4.78 is 2.16. The summed E-state index contributed by atoms with van der Waals surface area (Å²) in [6.07, 6.45) is 5.72. The fourth-order valence-electron chi connectivity index (χ4n) is 3.32. The predicted octanol–water partition coefficient (Wildman–Crippen LogP) is 3.40. The van der Waals surface area contributed by atoms with Crippen molar-refractivity contribution in [3.8, 4) is 17.1 Å². The van der Waals surface area contributed by atoms with Gasteiger partial charge in [0.2, 0.25) is 0 Å². The number of nitro groups is 1. The summed E-state index contributed by atoms with van der Waals surface area (Å²) in [5, 5.41) is 31.5. The van der Waals surface area contributed by atoms with Crippen molar-refractivity contribution < 1.29 is 10.0 Å². The first-order valence-corrected chi connectivity index (χ1v) is 9.14. The molecule has 0 unspecified atom stereocenters. The molecular weight excluding hydrogens is 358 g/mol. The largest absolute Gasteiger partial charge is 0.872 e. The van der Waals surface area contributed by atoms with Gasteiger partial charge >= 0.3 is 0 Å². The van der Waals surface area contributed by atoms with Crippen molar-refractivity contribution in [2.75, 3.05) is 0 Å². The Kier molecular flexibility index (Phi) is 4.84. The molecule has 0 saturated heterocycles. The lowest BCUT2D eigenvalue weighted by atomic mass is 10.1. The van der Waals surface area contributed by atoms with Gasteiger partial charge in [0.15, 0.2) is 5.82 Å². The van der Waals surface area contributed by atoms with E-state index in [2.05, 4.69) is 19.8 Å². The van der Waals surface area contributed by atoms with Crippen molar-refractivity contribution in [3.63, 3.8) is 0 Å². The summed E-state index contributed by atoms with van der Waals surface area (Å²) in [5.74, 6) is 1.51. The third-order valence-corrected chi connectivity index (χ3v) is 4.77. The molecule has 8 heteroatoms. The number of benzene rings is 2. The van der Waals surface area contributed by atoms with Crippen molar-refractivity contribution in [1.82, 2.24) is 14.8 Å². The third-order valence-electron chi connectivity index (χ3n) is 4.77. The van der Waals surface area contributed by atoms with E-state index in [0.717, 1.165) is 43.0 Å². The Hall–Kier alpha value is -3.55. The number of hydrogen-bond donors (Lipinski definition) is 0. The van der Waals surface area contributed by atoms with Crippen LogP contribution < -0.4 is 5.11 Å². The third kappa shape index (κ3) is 3.62. The summed E-state index contributed by atoms with van der Waals surface area (Å²) >= 11 is 0. The van der Waals surface area contributed by atoms with E-state index in [0.29, 0.717) is 5.69 Å². The smallest absolute Gasteiger partial charge is 0.270 e. The molecular formula is C20H18N5O3-. The fourth-order valence-corrected chi connectivity index (χ4v) is 3.32. The Morgan fingerprint density at radius 1 is 1.11 bits per heavy atom. The molecule has 0 saturated carbocycles. The van der Waals surface area contributed by atoms with E-state index in [4.69, 9.17) is 0 Å². The van der Waals surface area contributed by atoms with Crippen LogP contribution in [0.2, 0.25) is 0 Å². The molecule has 0 radical (unpaired) electrons. The number of nitro benzene ring substituents is 1. The number of rotatable bonds is 4. The molecule has 2 aromatic carbocycles. The molecule has 0 bridgehead atoms. The second kappa shape index (κ2) is 7.59. The number of aryl methyl sites for hydroxylation is 1. The molecule has 1 aliphatic heterocycles. The van der Waals surface area contributed by atoms with Gasteiger partial charge in [-0.25, -0.2) is 0 Å². The molecule has 28 heavy (non-hydrogen) atoms. The van der Waals surface area contributed by atoms with Gasteiger partial charge in [0, 0.05) is 36.9 Å². The second-order valence-corrected chi connectivity index (χ2v) is 6.69. The topological polar surface area (TPSA) is 109 Å². The molecule has 0 spiro atoms. The predicted molar refractivity (Wildman–Crippen MR) is 103 cm³/mol. The number of nitrogens with zero attached hydrogens (tertiary/aromatic N) is 5. The quantitative estimate of drug-likeness (QED) is 0.394. The van der Waals surface area contributed by atoms with Gasteiger partial charge in [-0.2, -0.15) is 0 Å². The van der Waals surface area contributed by atoms with Gasteiger partial charge in [-0.15, -0.1) is 10.2 Å². The maximum absolute atomic E-state index is 11.9. The van der Waals surface area contributed by atoms with Crippen LogP contribution in [0.15, 0.2) is 47.5 Å². The first-order valence-electron chi connectivity index (χ1n) is 9.14. The van der Waals surface area contributed by atoms with E-state index in [1.165, 1.54) is 30.8 Å². The number of non-ortho nitro benzene ring substituents is 1. The fraction of sp³-hybridized carbons (Fsp3) is 0.250. The lowest BCUT2D eigenvalue weighted by Crippen LogP contribution is -2.02. The van der Waals surface area contributed by atoms with Crippen LogP contribution in [-0.4, -0.2) is 25.9 Å². The normalized spacial score (nSPS) is 14.0. The minimum Gasteiger partial charge on any atom is -0.872 e. The summed E-state index contributed by atoms with van der Waals surface area (Å²) in [7, 11) is 0. The highest BCUT2D eigenvalue weighted by Gasteiger charge is 2.16. The molecule has 2 heterocycles. The van der Waals surface area contributed by atoms with Crippen LogP contribution in [0.3, 0.4) is 0 Å². The van der Waals surface area contributed by atoms with Crippen molar-refractivity contribution in [1.29, 1.82) is 0 Å². The summed E-state index contributed by atoms with van der Waals surface area (Å²) in [6, 6.07) is 11.1. The highest BCUT2D eigenvalue weighted by atomic mass is 16.6. The van der Waals surface area contributed by atoms with Crippen LogP contribution >= 0.6 is 0 Å². The van der Waals surface area contributed by atoms with Crippen molar-refractivity contribution in [2.45, 2.75) is 32.2 Å². The molecule has 1 aromatic heterocycles. The standard InChI is InChI=1S/C20H19N5O3/c26-18-9-8-17(25(27)28)12-15(18)13-21-16-6-4-5-14(11-16)20-23-22-19-7-2-1-3-10-24(19)20/h4-6,8-9,11-13,26H,1-3,7,10H2/p-1. The first kappa shape index (κ1) is 17.8. The molecule has 4 rings (SSSR count). The average molecular weight is 376 g/mol. The highest BCUT2D eigenvalue weighted by Crippen LogP contribution is 2.26. The van der Waals surface area contributed by atoms with Crippen molar-refractivity contribution in [2.24, 2.45) is 4.99 Å². The Morgan fingerprint density at radius 2 is 2.00 bits per heavy atom. The van der Waals surface area contributed by atoms with Crippen LogP contribution in [0.5, 0.6) is 5.75 Å². The van der Waals surface area contributed by atoms with Gasteiger partial charge < -0.3 is 9.67 Å². The van der Waals surface area contributed by atoms with E-state index in [-0.39, 0.29) is 17.0 Å². The summed E-state index contributed by atoms with van der Waals surface area (Å²) in [5.41, 5.74) is 1.57. The zero-order valence-electron chi connectivity index (χ0n) is 15.1. The molecule has 0 fully saturated rings. The van der Waals surface area contributed by atoms with Gasteiger partial charge in [0.25, 0.3) is 5.69 Å². The number of aliphatic imine (C=N–C) groups is 1. The summed E-state index contributed by atoms with van der Waals surface area (Å²) in [6.45, 7) is 0.901. The molecule has 3 aromatic rings. The number of fused-ring (bicyclic) bond motifs is 1. The van der Waals surface area contributed by atoms with E-state index in [1.807, 2.05) is 24.3 Å². The van der Waals surface area contributed by atoms with E-state index in [9.17, 15) is 15.2 Å². The van der Waals surface area contributed by atoms with Gasteiger partial charge in [-0.05, 0) is 30.5 Å². The zero-order chi connectivity index (χ0) is 19.5. The molecule has 142 valence electrons. The first-order chi connectivity index (χ1) is 13.6. The van der Waals surface area contributed by atoms with Gasteiger partial charge in [-0.3, -0.25) is 15.1 Å². The SMILES string of the molecule is O=[N+]([O-])c1ccc([O-])c(C=Nc2cccc(-c3nnc4n3CCCCC4)c2)c1. The number of aromatic nitrogens is 3. The molecule has 0 aliphatic carbocycles. The Balaban J connectivity index is 1.64. The molecule has 0 N–H and O–H groups in total. The highest BCUT2D eigenvalue weighted by molar-refractivity contribution is 5.86. The number of hydrogen-bond acceptors (Lipinski definition) is 6. The molecule has 8 nitrogen and oxygen atoms in total. The maximum atomic E-state index is 11.9. The van der Waals surface area contributed by atoms with Crippen LogP contribution in [0.4, 0.5) is 11.4 Å². The molecule has 1 aliphatic rings. The van der Waals surface area contributed by atoms with Crippen molar-refractivity contribution >= 4 is 17.6 Å². The lowest BCUT2D eigenvalue weighted by Gasteiger charge is -2.09. The van der Waals surface area contributed by atoms with Crippen LogP contribution in [-0.2, 0) is 13.0 Å². The van der Waals surface area contributed by atoms with Crippen molar-refractivity contribution in [3.05, 3.63) is 64.0 Å². The Labute approximate surface area is 161 Å². The van der Waals surface area contributed by atoms with Crippen LogP contribution in [0.25, 0.3) is 11.4 Å². The minimum atomic E-state index is -0.533. The average Bonchev–Trinajstić information content (AvgIpc) is 2.96. The Morgan fingerprint density at radius 3 is 2.86 bits per heavy atom. The van der Waals surface area contributed by atoms with E-state index >= 15 is 0 Å². The van der Waals surface area contributed by atoms with Crippen LogP contribution in [0, 0.1) is 10.1 Å². The molecule has 0 atom stereocenters. The Bertz CT molecular complexity index is 1060. The van der Waals surface area contributed by atoms with Crippen LogP contribution in [0.1, 0.15) is 30.7 Å². The second-order valence-electron chi connectivity index (χ2n) is 6.69. The lowest BCUT2D eigenvalue weighted by molar-refractivity contribution is -0.385. The van der Waals surface area contributed by atoms with Gasteiger partial charge in [0.05, 0.1) is 10.6 Å². The van der Waals surface area contributed by atoms with Gasteiger partial charge in [0.1, 0.15) is 5.82 Å². The summed E-state index contributed by atoms with van der Waals surface area (Å²) in [4.78, 5) is 14.7.